The van der Waals surface area contributed by atoms with Crippen molar-refractivity contribution < 1.29 is 13.3 Å². The van der Waals surface area contributed by atoms with E-state index in [9.17, 15) is 18.5 Å². The first-order chi connectivity index (χ1) is 10.00. The van der Waals surface area contributed by atoms with Crippen molar-refractivity contribution in [3.63, 3.8) is 0 Å². The summed E-state index contributed by atoms with van der Waals surface area (Å²) in [6.07, 6.45) is 0.952. The van der Waals surface area contributed by atoms with E-state index in [0.717, 1.165) is 19.5 Å². The molecule has 7 nitrogen and oxygen atoms in total. The monoisotopic (exact) mass is 311 g/mol. The second kappa shape index (κ2) is 5.36. The topological polar surface area (TPSA) is 92.5 Å². The van der Waals surface area contributed by atoms with Crippen molar-refractivity contribution in [1.82, 2.24) is 9.62 Å². The Morgan fingerprint density at radius 2 is 1.95 bits per heavy atom. The zero-order valence-electron chi connectivity index (χ0n) is 11.4. The average Bonchev–Trinajstić information content (AvgIpc) is 2.92. The Bertz CT molecular complexity index is 647. The van der Waals surface area contributed by atoms with Crippen LogP contribution >= 0.6 is 0 Å². The second-order valence-electron chi connectivity index (χ2n) is 5.56. The van der Waals surface area contributed by atoms with Crippen molar-refractivity contribution in [3.05, 3.63) is 34.4 Å². The zero-order valence-corrected chi connectivity index (χ0v) is 12.3. The third-order valence-corrected chi connectivity index (χ3v) is 6.20. The molecule has 2 heterocycles. The fraction of sp³-hybridized carbons (Fsp3) is 0.538. The molecule has 1 aromatic carbocycles. The minimum absolute atomic E-state index is 0.207. The number of sulfonamides is 1. The van der Waals surface area contributed by atoms with Crippen LogP contribution in [0.3, 0.4) is 0 Å². The molecule has 0 spiro atoms. The van der Waals surface area contributed by atoms with E-state index >= 15 is 0 Å². The number of piperidine rings is 1. The lowest BCUT2D eigenvalue weighted by atomic mass is 9.90. The van der Waals surface area contributed by atoms with Crippen LogP contribution in [0.5, 0.6) is 0 Å². The summed E-state index contributed by atoms with van der Waals surface area (Å²) in [4.78, 5) is 10.2. The molecule has 2 atom stereocenters. The Morgan fingerprint density at radius 1 is 1.24 bits per heavy atom. The number of hydrogen-bond donors (Lipinski definition) is 1. The molecule has 0 aromatic heterocycles. The Morgan fingerprint density at radius 3 is 2.67 bits per heavy atom. The van der Waals surface area contributed by atoms with E-state index in [-0.39, 0.29) is 10.6 Å². The molecule has 1 N–H and O–H groups in total. The molecule has 2 aliphatic rings. The number of fused-ring (bicyclic) bond motifs is 1. The van der Waals surface area contributed by atoms with Crippen molar-refractivity contribution in [1.29, 1.82) is 0 Å². The molecule has 0 aliphatic carbocycles. The van der Waals surface area contributed by atoms with Gasteiger partial charge in [0.1, 0.15) is 0 Å². The highest BCUT2D eigenvalue weighted by Gasteiger charge is 2.41. The summed E-state index contributed by atoms with van der Waals surface area (Å²) in [7, 11) is -3.81. The minimum atomic E-state index is -3.81. The lowest BCUT2D eigenvalue weighted by Crippen LogP contribution is -2.35. The SMILES string of the molecule is O=[N+]([O-])c1ccccc1S(=O)(=O)N1C[C@H]2CNCC[C@H]2C1. The third-order valence-electron chi connectivity index (χ3n) is 4.32. The molecule has 0 saturated carbocycles. The molecule has 2 fully saturated rings. The van der Waals surface area contributed by atoms with Gasteiger partial charge < -0.3 is 5.32 Å². The van der Waals surface area contributed by atoms with Gasteiger partial charge in [-0.1, -0.05) is 12.1 Å². The number of para-hydroxylation sites is 1. The van der Waals surface area contributed by atoms with Crippen LogP contribution in [0.1, 0.15) is 6.42 Å². The summed E-state index contributed by atoms with van der Waals surface area (Å²) in [6.45, 7) is 2.61. The van der Waals surface area contributed by atoms with Gasteiger partial charge >= 0.3 is 0 Å². The molecule has 0 radical (unpaired) electrons. The van der Waals surface area contributed by atoms with Crippen molar-refractivity contribution in [2.24, 2.45) is 11.8 Å². The Hall–Kier alpha value is -1.51. The normalized spacial score (nSPS) is 26.5. The molecule has 0 unspecified atom stereocenters. The Kier molecular flexibility index (Phi) is 3.68. The molecule has 8 heteroatoms. The molecule has 0 bridgehead atoms. The van der Waals surface area contributed by atoms with E-state index in [2.05, 4.69) is 5.32 Å². The second-order valence-corrected chi connectivity index (χ2v) is 7.47. The molecular weight excluding hydrogens is 294 g/mol. The maximum atomic E-state index is 12.7. The number of benzene rings is 1. The van der Waals surface area contributed by atoms with Gasteiger partial charge in [-0.2, -0.15) is 4.31 Å². The van der Waals surface area contributed by atoms with Gasteiger partial charge in [0.15, 0.2) is 4.90 Å². The van der Waals surface area contributed by atoms with E-state index in [1.54, 1.807) is 0 Å². The fourth-order valence-electron chi connectivity index (χ4n) is 3.19. The van der Waals surface area contributed by atoms with Gasteiger partial charge in [-0.3, -0.25) is 10.1 Å². The lowest BCUT2D eigenvalue weighted by molar-refractivity contribution is -0.387. The lowest BCUT2D eigenvalue weighted by Gasteiger charge is -2.24. The average molecular weight is 311 g/mol. The quantitative estimate of drug-likeness (QED) is 0.659. The standard InChI is InChI=1S/C13H17N3O4S/c17-16(18)12-3-1-2-4-13(12)21(19,20)15-8-10-5-6-14-7-11(10)9-15/h1-4,10-11,14H,5-9H2/t10-,11+/m0/s1. The smallest absolute Gasteiger partial charge is 0.289 e. The number of rotatable bonds is 3. The molecular formula is C13H17N3O4S. The Labute approximate surface area is 123 Å². The van der Waals surface area contributed by atoms with Gasteiger partial charge in [0, 0.05) is 19.2 Å². The van der Waals surface area contributed by atoms with E-state index < -0.39 is 14.9 Å². The largest absolute Gasteiger partial charge is 0.316 e. The highest BCUT2D eigenvalue weighted by atomic mass is 32.2. The number of hydrogen-bond acceptors (Lipinski definition) is 5. The van der Waals surface area contributed by atoms with Crippen LogP contribution < -0.4 is 5.32 Å². The minimum Gasteiger partial charge on any atom is -0.316 e. The zero-order chi connectivity index (χ0) is 15.0. The van der Waals surface area contributed by atoms with Gasteiger partial charge in [0.2, 0.25) is 10.0 Å². The van der Waals surface area contributed by atoms with E-state index in [1.165, 1.54) is 28.6 Å². The molecule has 0 amide bonds. The van der Waals surface area contributed by atoms with Crippen LogP contribution in [0.4, 0.5) is 5.69 Å². The first kappa shape index (κ1) is 14.4. The van der Waals surface area contributed by atoms with Crippen molar-refractivity contribution in [3.8, 4) is 0 Å². The summed E-state index contributed by atoms with van der Waals surface area (Å²) >= 11 is 0. The summed E-state index contributed by atoms with van der Waals surface area (Å²) in [6, 6.07) is 5.54. The first-order valence-corrected chi connectivity index (χ1v) is 8.38. The molecule has 21 heavy (non-hydrogen) atoms. The highest BCUT2D eigenvalue weighted by molar-refractivity contribution is 7.89. The predicted octanol–water partition coefficient (Wildman–Crippen LogP) is 0.825. The molecule has 2 aliphatic heterocycles. The summed E-state index contributed by atoms with van der Waals surface area (Å²) in [5, 5.41) is 14.3. The first-order valence-electron chi connectivity index (χ1n) is 6.94. The third kappa shape index (κ3) is 2.54. The van der Waals surface area contributed by atoms with Gasteiger partial charge in [0.25, 0.3) is 5.69 Å². The summed E-state index contributed by atoms with van der Waals surface area (Å²) in [5.41, 5.74) is -0.356. The molecule has 2 saturated heterocycles. The van der Waals surface area contributed by atoms with Gasteiger partial charge in [-0.25, -0.2) is 8.42 Å². The number of nitro benzene ring substituents is 1. The maximum absolute atomic E-state index is 12.7. The van der Waals surface area contributed by atoms with Crippen LogP contribution in [-0.2, 0) is 10.0 Å². The van der Waals surface area contributed by atoms with Gasteiger partial charge in [0.05, 0.1) is 4.92 Å². The molecule has 114 valence electrons. The maximum Gasteiger partial charge on any atom is 0.289 e. The highest BCUT2D eigenvalue weighted by Crippen LogP contribution is 2.34. The van der Waals surface area contributed by atoms with Crippen molar-refractivity contribution in [2.45, 2.75) is 11.3 Å². The van der Waals surface area contributed by atoms with Crippen LogP contribution in [-0.4, -0.2) is 43.8 Å². The molecule has 3 rings (SSSR count). The van der Waals surface area contributed by atoms with Crippen LogP contribution in [0, 0.1) is 22.0 Å². The Balaban J connectivity index is 1.93. The fourth-order valence-corrected chi connectivity index (χ4v) is 4.90. The molecule has 1 aromatic rings. The predicted molar refractivity (Wildman–Crippen MR) is 76.3 cm³/mol. The van der Waals surface area contributed by atoms with Crippen molar-refractivity contribution in [2.75, 3.05) is 26.2 Å². The van der Waals surface area contributed by atoms with Crippen LogP contribution in [0.15, 0.2) is 29.2 Å². The summed E-state index contributed by atoms with van der Waals surface area (Å²) in [5.74, 6) is 0.653. The van der Waals surface area contributed by atoms with E-state index in [4.69, 9.17) is 0 Å². The number of nitrogens with one attached hydrogen (secondary N) is 1. The number of nitrogens with zero attached hydrogens (tertiary/aromatic N) is 2. The van der Waals surface area contributed by atoms with Gasteiger partial charge in [-0.15, -0.1) is 0 Å². The van der Waals surface area contributed by atoms with Gasteiger partial charge in [-0.05, 0) is 37.4 Å². The van der Waals surface area contributed by atoms with E-state index in [0.29, 0.717) is 24.9 Å². The number of nitro groups is 1. The van der Waals surface area contributed by atoms with Crippen molar-refractivity contribution >= 4 is 15.7 Å². The van der Waals surface area contributed by atoms with Crippen LogP contribution in [0.25, 0.3) is 0 Å². The van der Waals surface area contributed by atoms with E-state index in [1.807, 2.05) is 0 Å². The summed E-state index contributed by atoms with van der Waals surface area (Å²) < 4.78 is 26.8. The van der Waals surface area contributed by atoms with Crippen LogP contribution in [0.2, 0.25) is 0 Å².